The van der Waals surface area contributed by atoms with Crippen molar-refractivity contribution < 1.29 is 14.3 Å². The molecular formula is C24H29N3O3S. The summed E-state index contributed by atoms with van der Waals surface area (Å²) in [7, 11) is 0. The number of rotatable bonds is 6. The molecule has 0 aliphatic heterocycles. The van der Waals surface area contributed by atoms with Crippen molar-refractivity contribution in [3.63, 3.8) is 0 Å². The molecule has 0 spiro atoms. The lowest BCUT2D eigenvalue weighted by Crippen LogP contribution is -2.49. The number of carbonyl (C=O) groups is 2. The van der Waals surface area contributed by atoms with Crippen molar-refractivity contribution in [2.75, 3.05) is 6.61 Å². The number of nitrogens with one attached hydrogen (secondary N) is 1. The predicted octanol–water partition coefficient (Wildman–Crippen LogP) is 4.68. The predicted molar refractivity (Wildman–Crippen MR) is 119 cm³/mol. The maximum absolute atomic E-state index is 13.1. The second-order valence-corrected chi connectivity index (χ2v) is 10.1. The summed E-state index contributed by atoms with van der Waals surface area (Å²) < 4.78 is 6.63. The van der Waals surface area contributed by atoms with Gasteiger partial charge in [0.15, 0.2) is 6.61 Å². The summed E-state index contributed by atoms with van der Waals surface area (Å²) in [4.78, 5) is 30.3. The molecule has 0 unspecified atom stereocenters. The van der Waals surface area contributed by atoms with Gasteiger partial charge in [-0.05, 0) is 37.8 Å². The summed E-state index contributed by atoms with van der Waals surface area (Å²) in [5.74, 6) is -0.698. The van der Waals surface area contributed by atoms with E-state index < -0.39 is 11.0 Å². The highest BCUT2D eigenvalue weighted by atomic mass is 32.1. The van der Waals surface area contributed by atoms with E-state index in [2.05, 4.69) is 11.4 Å². The SMILES string of the molecule is N#CC1(NC(=O)COC(=O)C2(Cc3nc4ccccc4s3)CCCC2)CCCCCC1. The third kappa shape index (κ3) is 4.90. The van der Waals surface area contributed by atoms with Crippen molar-refractivity contribution in [2.45, 2.75) is 76.2 Å². The van der Waals surface area contributed by atoms with Gasteiger partial charge in [0.05, 0.1) is 26.7 Å². The number of nitrogens with zero attached hydrogens (tertiary/aromatic N) is 2. The number of esters is 1. The third-order valence-electron chi connectivity index (χ3n) is 6.71. The molecule has 1 heterocycles. The molecule has 31 heavy (non-hydrogen) atoms. The minimum atomic E-state index is -0.827. The number of fused-ring (bicyclic) bond motifs is 1. The molecular weight excluding hydrogens is 410 g/mol. The van der Waals surface area contributed by atoms with Crippen LogP contribution in [0.2, 0.25) is 0 Å². The summed E-state index contributed by atoms with van der Waals surface area (Å²) in [6, 6.07) is 10.3. The normalized spacial score (nSPS) is 20.0. The quantitative estimate of drug-likeness (QED) is 0.521. The average molecular weight is 440 g/mol. The first-order chi connectivity index (χ1) is 15.0. The summed E-state index contributed by atoms with van der Waals surface area (Å²) >= 11 is 1.62. The van der Waals surface area contributed by atoms with E-state index in [4.69, 9.17) is 9.72 Å². The van der Waals surface area contributed by atoms with Crippen LogP contribution < -0.4 is 5.32 Å². The average Bonchev–Trinajstić information content (AvgIpc) is 3.34. The van der Waals surface area contributed by atoms with E-state index in [1.54, 1.807) is 11.3 Å². The van der Waals surface area contributed by atoms with E-state index in [-0.39, 0.29) is 18.5 Å². The van der Waals surface area contributed by atoms with E-state index in [0.717, 1.165) is 66.6 Å². The van der Waals surface area contributed by atoms with Crippen molar-refractivity contribution in [1.29, 1.82) is 5.26 Å². The Labute approximate surface area is 187 Å². The zero-order valence-corrected chi connectivity index (χ0v) is 18.6. The number of hydrogen-bond donors (Lipinski definition) is 1. The van der Waals surface area contributed by atoms with Crippen molar-refractivity contribution in [2.24, 2.45) is 5.41 Å². The fourth-order valence-corrected chi connectivity index (χ4v) is 6.09. The van der Waals surface area contributed by atoms with Gasteiger partial charge in [0.1, 0.15) is 5.54 Å². The van der Waals surface area contributed by atoms with E-state index >= 15 is 0 Å². The number of hydrogen-bond acceptors (Lipinski definition) is 6. The minimum absolute atomic E-state index is 0.314. The van der Waals surface area contributed by atoms with Crippen molar-refractivity contribution in [1.82, 2.24) is 10.3 Å². The Balaban J connectivity index is 1.39. The second-order valence-electron chi connectivity index (χ2n) is 8.97. The van der Waals surface area contributed by atoms with Crippen molar-refractivity contribution >= 4 is 33.4 Å². The van der Waals surface area contributed by atoms with Gasteiger partial charge in [-0.15, -0.1) is 11.3 Å². The largest absolute Gasteiger partial charge is 0.455 e. The molecule has 2 aromatic rings. The van der Waals surface area contributed by atoms with Gasteiger partial charge in [0.25, 0.3) is 5.91 Å². The van der Waals surface area contributed by atoms with Crippen LogP contribution >= 0.6 is 11.3 Å². The maximum atomic E-state index is 13.1. The van der Waals surface area contributed by atoms with Crippen molar-refractivity contribution in [3.05, 3.63) is 29.3 Å². The molecule has 1 amide bonds. The van der Waals surface area contributed by atoms with Gasteiger partial charge in [-0.1, -0.05) is 50.7 Å². The minimum Gasteiger partial charge on any atom is -0.455 e. The van der Waals surface area contributed by atoms with Crippen LogP contribution in [0.15, 0.2) is 24.3 Å². The number of aromatic nitrogens is 1. The number of benzene rings is 1. The smallest absolute Gasteiger partial charge is 0.313 e. The first-order valence-electron chi connectivity index (χ1n) is 11.3. The van der Waals surface area contributed by atoms with Gasteiger partial charge in [-0.25, -0.2) is 4.98 Å². The number of para-hydroxylation sites is 1. The number of thiazole rings is 1. The van der Waals surface area contributed by atoms with Crippen LogP contribution in [0.1, 0.15) is 69.2 Å². The molecule has 6 nitrogen and oxygen atoms in total. The molecule has 1 aromatic carbocycles. The molecule has 0 saturated heterocycles. The van der Waals surface area contributed by atoms with Crippen LogP contribution in [-0.2, 0) is 20.7 Å². The highest BCUT2D eigenvalue weighted by molar-refractivity contribution is 7.18. The molecule has 0 bridgehead atoms. The van der Waals surface area contributed by atoms with Crippen LogP contribution in [0, 0.1) is 16.7 Å². The molecule has 7 heteroatoms. The lowest BCUT2D eigenvalue weighted by atomic mass is 9.83. The van der Waals surface area contributed by atoms with Crippen LogP contribution in [-0.4, -0.2) is 29.0 Å². The fourth-order valence-electron chi connectivity index (χ4n) is 4.97. The number of carbonyl (C=O) groups excluding carboxylic acids is 2. The fraction of sp³-hybridized carbons (Fsp3) is 0.583. The standard InChI is InChI=1S/C24H29N3O3S/c25-17-24(13-5-1-2-6-14-24)27-20(28)16-30-22(29)23(11-7-8-12-23)15-21-26-18-9-3-4-10-19(18)31-21/h3-4,9-10H,1-2,5-8,11-16H2,(H,27,28). The Morgan fingerprint density at radius 3 is 2.42 bits per heavy atom. The molecule has 2 fully saturated rings. The zero-order chi connectivity index (χ0) is 21.7. The second kappa shape index (κ2) is 9.35. The molecule has 1 N–H and O–H groups in total. The Bertz CT molecular complexity index is 946. The van der Waals surface area contributed by atoms with Crippen LogP contribution in [0.4, 0.5) is 0 Å². The number of nitriles is 1. The van der Waals surface area contributed by atoms with Crippen LogP contribution in [0.3, 0.4) is 0 Å². The van der Waals surface area contributed by atoms with Gasteiger partial charge in [-0.3, -0.25) is 9.59 Å². The lowest BCUT2D eigenvalue weighted by Gasteiger charge is -2.28. The molecule has 1 aromatic heterocycles. The van der Waals surface area contributed by atoms with E-state index in [0.29, 0.717) is 19.3 Å². The number of ether oxygens (including phenoxy) is 1. The molecule has 2 aliphatic carbocycles. The van der Waals surface area contributed by atoms with Crippen molar-refractivity contribution in [3.8, 4) is 6.07 Å². The van der Waals surface area contributed by atoms with Crippen LogP contribution in [0.5, 0.6) is 0 Å². The third-order valence-corrected chi connectivity index (χ3v) is 7.74. The molecule has 0 radical (unpaired) electrons. The Morgan fingerprint density at radius 1 is 1.06 bits per heavy atom. The van der Waals surface area contributed by atoms with Gasteiger partial charge in [0, 0.05) is 6.42 Å². The molecule has 4 rings (SSSR count). The molecule has 164 valence electrons. The van der Waals surface area contributed by atoms with Gasteiger partial charge in [0.2, 0.25) is 0 Å². The van der Waals surface area contributed by atoms with Gasteiger partial charge < -0.3 is 10.1 Å². The Morgan fingerprint density at radius 2 is 1.74 bits per heavy atom. The Hall–Kier alpha value is -2.46. The monoisotopic (exact) mass is 439 g/mol. The zero-order valence-electron chi connectivity index (χ0n) is 17.8. The van der Waals surface area contributed by atoms with E-state index in [1.807, 2.05) is 24.3 Å². The highest BCUT2D eigenvalue weighted by Crippen LogP contribution is 2.43. The van der Waals surface area contributed by atoms with Gasteiger partial charge in [-0.2, -0.15) is 5.26 Å². The topological polar surface area (TPSA) is 92.1 Å². The maximum Gasteiger partial charge on any atom is 0.313 e. The molecule has 2 aliphatic rings. The summed E-state index contributed by atoms with van der Waals surface area (Å²) in [6.07, 6.45) is 9.36. The summed E-state index contributed by atoms with van der Waals surface area (Å²) in [6.45, 7) is -0.330. The lowest BCUT2D eigenvalue weighted by molar-refractivity contribution is -0.159. The van der Waals surface area contributed by atoms with Crippen LogP contribution in [0.25, 0.3) is 10.2 Å². The van der Waals surface area contributed by atoms with Gasteiger partial charge >= 0.3 is 5.97 Å². The van der Waals surface area contributed by atoms with E-state index in [9.17, 15) is 14.9 Å². The first kappa shape index (κ1) is 21.8. The van der Waals surface area contributed by atoms with E-state index in [1.165, 1.54) is 0 Å². The highest BCUT2D eigenvalue weighted by Gasteiger charge is 2.44. The molecule has 0 atom stereocenters. The molecule has 2 saturated carbocycles. The Kier molecular flexibility index (Phi) is 6.57. The summed E-state index contributed by atoms with van der Waals surface area (Å²) in [5, 5.41) is 13.4. The summed E-state index contributed by atoms with van der Waals surface area (Å²) in [5.41, 5.74) is -0.483. The first-order valence-corrected chi connectivity index (χ1v) is 12.1. The number of amides is 1.